The van der Waals surface area contributed by atoms with Crippen LogP contribution in [0.3, 0.4) is 0 Å². The highest BCUT2D eigenvalue weighted by molar-refractivity contribution is 6.07. The maximum atomic E-state index is 12.7. The Morgan fingerprint density at radius 1 is 1.21 bits per heavy atom. The number of carbonyl (C=O) groups is 3. The van der Waals surface area contributed by atoms with Gasteiger partial charge in [-0.05, 0) is 43.5 Å². The monoisotopic (exact) mass is 400 g/mol. The van der Waals surface area contributed by atoms with Gasteiger partial charge in [-0.2, -0.15) is 0 Å². The highest BCUT2D eigenvalue weighted by Gasteiger charge is 2.52. The maximum Gasteiger partial charge on any atom is 0.325 e. The zero-order valence-corrected chi connectivity index (χ0v) is 16.8. The maximum absolute atomic E-state index is 12.7. The number of hydrogen-bond acceptors (Lipinski definition) is 5. The fourth-order valence-corrected chi connectivity index (χ4v) is 4.43. The van der Waals surface area contributed by atoms with Gasteiger partial charge >= 0.3 is 6.03 Å². The largest absolute Gasteiger partial charge is 0.378 e. The molecule has 3 fully saturated rings. The SMILES string of the molecule is Cc1cc(N2CCOCC2)ccc1NC(=O)CCN1C(=O)NC2(CCCC2)C1=O. The molecule has 156 valence electrons. The number of urea groups is 1. The summed E-state index contributed by atoms with van der Waals surface area (Å²) in [6, 6.07) is 5.58. The van der Waals surface area contributed by atoms with Crippen molar-refractivity contribution in [1.82, 2.24) is 10.2 Å². The molecule has 8 nitrogen and oxygen atoms in total. The molecule has 1 aliphatic carbocycles. The van der Waals surface area contributed by atoms with Gasteiger partial charge in [0.05, 0.1) is 13.2 Å². The third-order valence-corrected chi connectivity index (χ3v) is 6.13. The Balaban J connectivity index is 1.33. The molecule has 0 bridgehead atoms. The van der Waals surface area contributed by atoms with Gasteiger partial charge in [0.15, 0.2) is 0 Å². The molecule has 2 saturated heterocycles. The molecule has 0 unspecified atom stereocenters. The summed E-state index contributed by atoms with van der Waals surface area (Å²) in [5.74, 6) is -0.390. The summed E-state index contributed by atoms with van der Waals surface area (Å²) >= 11 is 0. The van der Waals surface area contributed by atoms with Crippen molar-refractivity contribution in [3.63, 3.8) is 0 Å². The minimum atomic E-state index is -0.723. The van der Waals surface area contributed by atoms with E-state index in [1.807, 2.05) is 19.1 Å². The lowest BCUT2D eigenvalue weighted by molar-refractivity contribution is -0.131. The number of amides is 4. The first-order valence-electron chi connectivity index (χ1n) is 10.4. The van der Waals surface area contributed by atoms with Crippen molar-refractivity contribution in [2.75, 3.05) is 43.1 Å². The van der Waals surface area contributed by atoms with Gasteiger partial charge in [0.2, 0.25) is 5.91 Å². The lowest BCUT2D eigenvalue weighted by atomic mass is 9.98. The van der Waals surface area contributed by atoms with Gasteiger partial charge in [-0.25, -0.2) is 4.79 Å². The summed E-state index contributed by atoms with van der Waals surface area (Å²) in [5.41, 5.74) is 2.11. The van der Waals surface area contributed by atoms with Crippen molar-refractivity contribution in [3.8, 4) is 0 Å². The minimum absolute atomic E-state index is 0.0832. The van der Waals surface area contributed by atoms with E-state index in [4.69, 9.17) is 4.74 Å². The molecule has 2 heterocycles. The van der Waals surface area contributed by atoms with E-state index in [0.717, 1.165) is 56.1 Å². The Morgan fingerprint density at radius 3 is 2.62 bits per heavy atom. The first-order chi connectivity index (χ1) is 14.0. The first kappa shape index (κ1) is 19.7. The van der Waals surface area contributed by atoms with Crippen LogP contribution in [0.1, 0.15) is 37.7 Å². The van der Waals surface area contributed by atoms with E-state index in [2.05, 4.69) is 21.6 Å². The van der Waals surface area contributed by atoms with Gasteiger partial charge in [0.1, 0.15) is 5.54 Å². The molecule has 1 spiro atoms. The molecule has 2 aliphatic heterocycles. The number of morpholine rings is 1. The zero-order valence-electron chi connectivity index (χ0n) is 16.8. The van der Waals surface area contributed by atoms with Gasteiger partial charge < -0.3 is 20.3 Å². The van der Waals surface area contributed by atoms with Crippen LogP contribution < -0.4 is 15.5 Å². The molecule has 1 aromatic rings. The van der Waals surface area contributed by atoms with Crippen molar-refractivity contribution in [2.45, 2.75) is 44.6 Å². The van der Waals surface area contributed by atoms with Crippen molar-refractivity contribution in [3.05, 3.63) is 23.8 Å². The lowest BCUT2D eigenvalue weighted by Crippen LogP contribution is -2.44. The molecule has 8 heteroatoms. The Labute approximate surface area is 170 Å². The average Bonchev–Trinajstić information content (AvgIpc) is 3.28. The summed E-state index contributed by atoms with van der Waals surface area (Å²) in [6.45, 7) is 5.23. The number of anilines is 2. The molecule has 4 rings (SSSR count). The molecular formula is C21H28N4O4. The predicted molar refractivity (Wildman–Crippen MR) is 109 cm³/mol. The van der Waals surface area contributed by atoms with Crippen molar-refractivity contribution >= 4 is 29.2 Å². The quantitative estimate of drug-likeness (QED) is 0.738. The smallest absolute Gasteiger partial charge is 0.325 e. The Hall–Kier alpha value is -2.61. The van der Waals surface area contributed by atoms with Gasteiger partial charge in [0.25, 0.3) is 5.91 Å². The second-order valence-electron chi connectivity index (χ2n) is 8.07. The normalized spacial score (nSPS) is 21.0. The summed E-state index contributed by atoms with van der Waals surface area (Å²) in [4.78, 5) is 40.7. The average molecular weight is 400 g/mol. The van der Waals surface area contributed by atoms with Crippen LogP contribution in [0.4, 0.5) is 16.2 Å². The van der Waals surface area contributed by atoms with E-state index in [1.165, 1.54) is 4.90 Å². The summed E-state index contributed by atoms with van der Waals surface area (Å²) in [7, 11) is 0. The van der Waals surface area contributed by atoms with Gasteiger partial charge in [-0.15, -0.1) is 0 Å². The third-order valence-electron chi connectivity index (χ3n) is 6.13. The fraction of sp³-hybridized carbons (Fsp3) is 0.571. The molecule has 0 aromatic heterocycles. The topological polar surface area (TPSA) is 91.0 Å². The highest BCUT2D eigenvalue weighted by atomic mass is 16.5. The van der Waals surface area contributed by atoms with Crippen LogP contribution in [0.5, 0.6) is 0 Å². The van der Waals surface area contributed by atoms with E-state index in [1.54, 1.807) is 0 Å². The van der Waals surface area contributed by atoms with Crippen molar-refractivity contribution in [1.29, 1.82) is 0 Å². The number of hydrogen-bond donors (Lipinski definition) is 2. The molecule has 1 aromatic carbocycles. The van der Waals surface area contributed by atoms with Crippen LogP contribution >= 0.6 is 0 Å². The summed E-state index contributed by atoms with van der Waals surface area (Å²) in [6.07, 6.45) is 3.35. The molecular weight excluding hydrogens is 372 g/mol. The fourth-order valence-electron chi connectivity index (χ4n) is 4.43. The van der Waals surface area contributed by atoms with E-state index < -0.39 is 5.54 Å². The van der Waals surface area contributed by atoms with E-state index >= 15 is 0 Å². The zero-order chi connectivity index (χ0) is 20.4. The molecule has 0 atom stereocenters. The minimum Gasteiger partial charge on any atom is -0.378 e. The van der Waals surface area contributed by atoms with E-state index in [9.17, 15) is 14.4 Å². The summed E-state index contributed by atoms with van der Waals surface area (Å²) in [5, 5.41) is 5.74. The second kappa shape index (κ2) is 8.02. The molecule has 2 N–H and O–H groups in total. The van der Waals surface area contributed by atoms with Crippen LogP contribution in [-0.2, 0) is 14.3 Å². The second-order valence-corrected chi connectivity index (χ2v) is 8.07. The molecule has 1 saturated carbocycles. The number of ether oxygens (including phenoxy) is 1. The third kappa shape index (κ3) is 3.94. The predicted octanol–water partition coefficient (Wildman–Crippen LogP) is 2.02. The van der Waals surface area contributed by atoms with Gasteiger partial charge in [0, 0.05) is 37.4 Å². The highest BCUT2D eigenvalue weighted by Crippen LogP contribution is 2.35. The number of nitrogens with one attached hydrogen (secondary N) is 2. The molecule has 4 amide bonds. The number of carbonyl (C=O) groups excluding carboxylic acids is 3. The van der Waals surface area contributed by atoms with Crippen LogP contribution in [-0.4, -0.2) is 61.1 Å². The number of aryl methyl sites for hydroxylation is 1. The van der Waals surface area contributed by atoms with Crippen molar-refractivity contribution in [2.24, 2.45) is 0 Å². The van der Waals surface area contributed by atoms with E-state index in [-0.39, 0.29) is 30.8 Å². The number of imide groups is 1. The van der Waals surface area contributed by atoms with Crippen LogP contribution in [0.15, 0.2) is 18.2 Å². The molecule has 3 aliphatic rings. The van der Waals surface area contributed by atoms with Crippen molar-refractivity contribution < 1.29 is 19.1 Å². The standard InChI is InChI=1S/C21H28N4O4/c1-15-14-16(24-10-12-29-13-11-24)4-5-17(15)22-18(26)6-9-25-19(27)21(23-20(25)28)7-2-3-8-21/h4-5,14H,2-3,6-13H2,1H3,(H,22,26)(H,23,28). The van der Waals surface area contributed by atoms with Gasteiger partial charge in [-0.3, -0.25) is 14.5 Å². The van der Waals surface area contributed by atoms with Crippen LogP contribution in [0.2, 0.25) is 0 Å². The van der Waals surface area contributed by atoms with Crippen LogP contribution in [0, 0.1) is 6.92 Å². The molecule has 29 heavy (non-hydrogen) atoms. The Bertz CT molecular complexity index is 813. The Morgan fingerprint density at radius 2 is 1.93 bits per heavy atom. The first-order valence-corrected chi connectivity index (χ1v) is 10.4. The van der Waals surface area contributed by atoms with E-state index in [0.29, 0.717) is 12.8 Å². The Kier molecular flexibility index (Phi) is 5.45. The number of rotatable bonds is 5. The van der Waals surface area contributed by atoms with Gasteiger partial charge in [-0.1, -0.05) is 12.8 Å². The molecule has 0 radical (unpaired) electrons. The number of nitrogens with zero attached hydrogens (tertiary/aromatic N) is 2. The summed E-state index contributed by atoms with van der Waals surface area (Å²) < 4.78 is 5.39. The number of benzene rings is 1. The van der Waals surface area contributed by atoms with Crippen LogP contribution in [0.25, 0.3) is 0 Å². The lowest BCUT2D eigenvalue weighted by Gasteiger charge is -2.29.